The molecule has 2 aromatic rings. The molecule has 1 N–H and O–H groups in total. The Morgan fingerprint density at radius 2 is 1.69 bits per heavy atom. The predicted octanol–water partition coefficient (Wildman–Crippen LogP) is 2.56. The van der Waals surface area contributed by atoms with Gasteiger partial charge in [-0.2, -0.15) is 0 Å². The summed E-state index contributed by atoms with van der Waals surface area (Å²) in [5.41, 5.74) is 1.11. The smallest absolute Gasteiger partial charge is 0.260 e. The van der Waals surface area contributed by atoms with E-state index in [-0.39, 0.29) is 19.1 Å². The van der Waals surface area contributed by atoms with Gasteiger partial charge < -0.3 is 19.5 Å². The van der Waals surface area contributed by atoms with Gasteiger partial charge in [-0.1, -0.05) is 30.3 Å². The second-order valence-electron chi connectivity index (χ2n) is 7.50. The van der Waals surface area contributed by atoms with Crippen LogP contribution >= 0.6 is 0 Å². The van der Waals surface area contributed by atoms with E-state index in [4.69, 9.17) is 9.47 Å². The molecule has 0 aliphatic carbocycles. The molecule has 6 nitrogen and oxygen atoms in total. The van der Waals surface area contributed by atoms with E-state index in [0.29, 0.717) is 18.8 Å². The summed E-state index contributed by atoms with van der Waals surface area (Å²) < 4.78 is 11.2. The summed E-state index contributed by atoms with van der Waals surface area (Å²) in [5.74, 6) is 1.51. The van der Waals surface area contributed by atoms with Gasteiger partial charge in [0.1, 0.15) is 24.2 Å². The van der Waals surface area contributed by atoms with E-state index < -0.39 is 6.10 Å². The molecular formula is C23H30N2O4. The van der Waals surface area contributed by atoms with Crippen molar-refractivity contribution in [2.24, 2.45) is 0 Å². The monoisotopic (exact) mass is 398 g/mol. The molecule has 1 atom stereocenters. The first-order valence-electron chi connectivity index (χ1n) is 10.1. The number of ether oxygens (including phenoxy) is 2. The molecule has 0 bridgehead atoms. The molecule has 1 aliphatic rings. The first-order chi connectivity index (χ1) is 14.1. The van der Waals surface area contributed by atoms with E-state index in [2.05, 4.69) is 0 Å². The lowest BCUT2D eigenvalue weighted by Gasteiger charge is -2.21. The lowest BCUT2D eigenvalue weighted by atomic mass is 10.2. The van der Waals surface area contributed by atoms with E-state index in [1.807, 2.05) is 71.4 Å². The van der Waals surface area contributed by atoms with Gasteiger partial charge in [0, 0.05) is 26.2 Å². The number of para-hydroxylation sites is 1. The second-order valence-corrected chi connectivity index (χ2v) is 7.50. The Hall–Kier alpha value is -2.57. The zero-order valence-electron chi connectivity index (χ0n) is 17.0. The Morgan fingerprint density at radius 3 is 2.38 bits per heavy atom. The fourth-order valence-corrected chi connectivity index (χ4v) is 3.39. The van der Waals surface area contributed by atoms with E-state index in [0.717, 1.165) is 37.2 Å². The van der Waals surface area contributed by atoms with Gasteiger partial charge in [0.25, 0.3) is 5.91 Å². The molecule has 3 rings (SSSR count). The number of amides is 1. The molecule has 1 unspecified atom stereocenters. The van der Waals surface area contributed by atoms with Gasteiger partial charge in [-0.15, -0.1) is 0 Å². The number of likely N-dealkylation sites (tertiary alicyclic amines) is 1. The number of likely N-dealkylation sites (N-methyl/N-ethyl adjacent to an activating group) is 1. The number of hydrogen-bond acceptors (Lipinski definition) is 5. The Kier molecular flexibility index (Phi) is 7.90. The largest absolute Gasteiger partial charge is 0.491 e. The van der Waals surface area contributed by atoms with E-state index in [9.17, 15) is 9.90 Å². The van der Waals surface area contributed by atoms with Gasteiger partial charge in [0.15, 0.2) is 6.61 Å². The molecule has 1 heterocycles. The Morgan fingerprint density at radius 1 is 1.03 bits per heavy atom. The number of rotatable bonds is 10. The highest BCUT2D eigenvalue weighted by molar-refractivity contribution is 5.78. The molecule has 156 valence electrons. The van der Waals surface area contributed by atoms with Gasteiger partial charge in [-0.25, -0.2) is 0 Å². The first-order valence-corrected chi connectivity index (χ1v) is 10.1. The minimum Gasteiger partial charge on any atom is -0.491 e. The van der Waals surface area contributed by atoms with Crippen LogP contribution in [-0.2, 0) is 11.3 Å². The molecule has 0 saturated carbocycles. The molecule has 1 saturated heterocycles. The van der Waals surface area contributed by atoms with Gasteiger partial charge in [-0.3, -0.25) is 9.69 Å². The summed E-state index contributed by atoms with van der Waals surface area (Å²) in [6.45, 7) is 3.25. The molecule has 1 aliphatic heterocycles. The molecule has 0 spiro atoms. The SMILES string of the molecule is CN(Cc1ccc(OCC(=O)N2CCCC2)cc1)CC(O)COc1ccccc1. The highest BCUT2D eigenvalue weighted by atomic mass is 16.5. The standard InChI is InChI=1S/C23H30N2O4/c1-24(16-20(26)17-28-21-7-3-2-4-8-21)15-19-9-11-22(12-10-19)29-18-23(27)25-13-5-6-14-25/h2-4,7-12,20,26H,5-6,13-18H2,1H3. The zero-order chi connectivity index (χ0) is 20.5. The Balaban J connectivity index is 1.37. The summed E-state index contributed by atoms with van der Waals surface area (Å²) in [4.78, 5) is 15.9. The Labute approximate surface area is 172 Å². The summed E-state index contributed by atoms with van der Waals surface area (Å²) in [5, 5.41) is 10.2. The van der Waals surface area contributed by atoms with E-state index in [1.54, 1.807) is 0 Å². The molecule has 6 heteroatoms. The van der Waals surface area contributed by atoms with Crippen molar-refractivity contribution in [1.29, 1.82) is 0 Å². The van der Waals surface area contributed by atoms with E-state index in [1.165, 1.54) is 0 Å². The average Bonchev–Trinajstić information content (AvgIpc) is 3.27. The van der Waals surface area contributed by atoms with Crippen LogP contribution in [0.25, 0.3) is 0 Å². The topological polar surface area (TPSA) is 62.2 Å². The predicted molar refractivity (Wildman–Crippen MR) is 112 cm³/mol. The quantitative estimate of drug-likeness (QED) is 0.667. The Bertz CT molecular complexity index is 745. The summed E-state index contributed by atoms with van der Waals surface area (Å²) in [6, 6.07) is 17.2. The minimum atomic E-state index is -0.570. The van der Waals surface area contributed by atoms with Gasteiger partial charge in [-0.05, 0) is 49.7 Å². The van der Waals surface area contributed by atoms with Crippen molar-refractivity contribution in [3.8, 4) is 11.5 Å². The minimum absolute atomic E-state index is 0.0537. The average molecular weight is 399 g/mol. The lowest BCUT2D eigenvalue weighted by molar-refractivity contribution is -0.132. The lowest BCUT2D eigenvalue weighted by Crippen LogP contribution is -2.32. The maximum absolute atomic E-state index is 12.0. The van der Waals surface area contributed by atoms with Crippen molar-refractivity contribution in [1.82, 2.24) is 9.80 Å². The van der Waals surface area contributed by atoms with Crippen molar-refractivity contribution in [2.75, 3.05) is 39.9 Å². The molecule has 1 amide bonds. The van der Waals surface area contributed by atoms with Crippen LogP contribution in [0.3, 0.4) is 0 Å². The van der Waals surface area contributed by atoms with Crippen LogP contribution in [0, 0.1) is 0 Å². The van der Waals surface area contributed by atoms with Crippen LogP contribution in [0.15, 0.2) is 54.6 Å². The van der Waals surface area contributed by atoms with Crippen LogP contribution in [0.2, 0.25) is 0 Å². The van der Waals surface area contributed by atoms with E-state index >= 15 is 0 Å². The number of aliphatic hydroxyl groups is 1. The van der Waals surface area contributed by atoms with Crippen molar-refractivity contribution < 1.29 is 19.4 Å². The number of carbonyl (C=O) groups is 1. The van der Waals surface area contributed by atoms with Crippen molar-refractivity contribution in [3.05, 3.63) is 60.2 Å². The third-order valence-corrected chi connectivity index (χ3v) is 4.90. The molecule has 1 fully saturated rings. The third-order valence-electron chi connectivity index (χ3n) is 4.90. The first kappa shape index (κ1) is 21.1. The van der Waals surface area contributed by atoms with Gasteiger partial charge in [0.05, 0.1) is 0 Å². The fraction of sp³-hybridized carbons (Fsp3) is 0.435. The summed E-state index contributed by atoms with van der Waals surface area (Å²) in [7, 11) is 1.96. The van der Waals surface area contributed by atoms with Crippen molar-refractivity contribution >= 4 is 5.91 Å². The molecule has 0 aromatic heterocycles. The normalized spacial score (nSPS) is 14.8. The highest BCUT2D eigenvalue weighted by Gasteiger charge is 2.18. The van der Waals surface area contributed by atoms with Crippen LogP contribution in [-0.4, -0.2) is 66.8 Å². The van der Waals surface area contributed by atoms with Crippen LogP contribution in [0.4, 0.5) is 0 Å². The maximum atomic E-state index is 12.0. The zero-order valence-corrected chi connectivity index (χ0v) is 17.0. The van der Waals surface area contributed by atoms with Crippen LogP contribution < -0.4 is 9.47 Å². The van der Waals surface area contributed by atoms with Gasteiger partial charge >= 0.3 is 0 Å². The maximum Gasteiger partial charge on any atom is 0.260 e. The van der Waals surface area contributed by atoms with Crippen LogP contribution in [0.1, 0.15) is 18.4 Å². The third kappa shape index (κ3) is 7.07. The summed E-state index contributed by atoms with van der Waals surface area (Å²) in [6.07, 6.45) is 1.60. The van der Waals surface area contributed by atoms with Gasteiger partial charge in [0.2, 0.25) is 0 Å². The second kappa shape index (κ2) is 10.8. The fourth-order valence-electron chi connectivity index (χ4n) is 3.39. The highest BCUT2D eigenvalue weighted by Crippen LogP contribution is 2.15. The molecule has 29 heavy (non-hydrogen) atoms. The number of nitrogens with zero attached hydrogens (tertiary/aromatic N) is 2. The number of hydrogen-bond donors (Lipinski definition) is 1. The van der Waals surface area contributed by atoms with Crippen molar-refractivity contribution in [3.63, 3.8) is 0 Å². The number of benzene rings is 2. The molecule has 2 aromatic carbocycles. The summed E-state index contributed by atoms with van der Waals surface area (Å²) >= 11 is 0. The molecular weight excluding hydrogens is 368 g/mol. The molecule has 0 radical (unpaired) electrons. The van der Waals surface area contributed by atoms with Crippen molar-refractivity contribution in [2.45, 2.75) is 25.5 Å². The van der Waals surface area contributed by atoms with Crippen LogP contribution in [0.5, 0.6) is 11.5 Å². The number of carbonyl (C=O) groups excluding carboxylic acids is 1. The number of aliphatic hydroxyl groups excluding tert-OH is 1.